The molecule has 0 radical (unpaired) electrons. The number of hydrogen-bond acceptors (Lipinski definition) is 3. The highest BCUT2D eigenvalue weighted by Crippen LogP contribution is 2.22. The smallest absolute Gasteiger partial charge is 0.191 e. The van der Waals surface area contributed by atoms with Crippen LogP contribution in [0, 0.1) is 6.92 Å². The summed E-state index contributed by atoms with van der Waals surface area (Å²) in [5, 5.41) is 6.68. The number of nitrogens with zero attached hydrogens (tertiary/aromatic N) is 2. The first kappa shape index (κ1) is 18.3. The number of nitrogens with one attached hydrogen (secondary N) is 2. The van der Waals surface area contributed by atoms with Crippen LogP contribution < -0.4 is 10.6 Å². The zero-order valence-electron chi connectivity index (χ0n) is 14.7. The molecule has 128 valence electrons. The molecule has 1 heterocycles. The van der Waals surface area contributed by atoms with Crippen LogP contribution in [0.2, 0.25) is 0 Å². The molecule has 1 aromatic carbocycles. The zero-order chi connectivity index (χ0) is 17.2. The fourth-order valence-electron chi connectivity index (χ4n) is 2.34. The van der Waals surface area contributed by atoms with E-state index in [1.54, 1.807) is 11.8 Å². The van der Waals surface area contributed by atoms with Crippen LogP contribution in [0.1, 0.15) is 23.7 Å². The third-order valence-electron chi connectivity index (χ3n) is 3.59. The van der Waals surface area contributed by atoms with E-state index in [1.807, 2.05) is 24.4 Å². The topological polar surface area (TPSA) is 49.3 Å². The third-order valence-corrected chi connectivity index (χ3v) is 4.41. The SMILES string of the molecule is CCNC(=NCc1ccc(C)cc1SC)NCCc1ccccn1. The lowest BCUT2D eigenvalue weighted by Gasteiger charge is -2.12. The average molecular weight is 343 g/mol. The van der Waals surface area contributed by atoms with Gasteiger partial charge >= 0.3 is 0 Å². The summed E-state index contributed by atoms with van der Waals surface area (Å²) in [7, 11) is 0. The zero-order valence-corrected chi connectivity index (χ0v) is 15.5. The highest BCUT2D eigenvalue weighted by atomic mass is 32.2. The molecule has 0 aliphatic rings. The van der Waals surface area contributed by atoms with Crippen molar-refractivity contribution in [1.82, 2.24) is 15.6 Å². The first-order valence-corrected chi connectivity index (χ1v) is 9.51. The summed E-state index contributed by atoms with van der Waals surface area (Å²) < 4.78 is 0. The molecule has 2 rings (SSSR count). The first-order chi connectivity index (χ1) is 11.7. The van der Waals surface area contributed by atoms with Gasteiger partial charge in [0.1, 0.15) is 0 Å². The van der Waals surface area contributed by atoms with Gasteiger partial charge in [0.25, 0.3) is 0 Å². The first-order valence-electron chi connectivity index (χ1n) is 8.28. The second kappa shape index (κ2) is 9.98. The van der Waals surface area contributed by atoms with Gasteiger partial charge in [-0.05, 0) is 49.4 Å². The van der Waals surface area contributed by atoms with E-state index in [1.165, 1.54) is 16.0 Å². The molecule has 0 bridgehead atoms. The van der Waals surface area contributed by atoms with Crippen molar-refractivity contribution in [3.05, 3.63) is 59.4 Å². The van der Waals surface area contributed by atoms with Crippen molar-refractivity contribution in [2.24, 2.45) is 4.99 Å². The molecule has 0 fully saturated rings. The van der Waals surface area contributed by atoms with E-state index in [9.17, 15) is 0 Å². The van der Waals surface area contributed by atoms with Crippen LogP contribution in [0.15, 0.2) is 52.5 Å². The number of aliphatic imine (C=N–C) groups is 1. The summed E-state index contributed by atoms with van der Waals surface area (Å²) in [5.41, 5.74) is 3.63. The van der Waals surface area contributed by atoms with Gasteiger partial charge in [0.15, 0.2) is 5.96 Å². The van der Waals surface area contributed by atoms with E-state index >= 15 is 0 Å². The molecule has 0 atom stereocenters. The maximum absolute atomic E-state index is 4.71. The number of rotatable bonds is 7. The highest BCUT2D eigenvalue weighted by molar-refractivity contribution is 7.98. The molecule has 2 aromatic rings. The number of hydrogen-bond donors (Lipinski definition) is 2. The van der Waals surface area contributed by atoms with Crippen LogP contribution in [0.4, 0.5) is 0 Å². The Balaban J connectivity index is 1.95. The second-order valence-electron chi connectivity index (χ2n) is 5.51. The minimum Gasteiger partial charge on any atom is -0.357 e. The molecular weight excluding hydrogens is 316 g/mol. The van der Waals surface area contributed by atoms with Gasteiger partial charge in [-0.3, -0.25) is 4.98 Å². The van der Waals surface area contributed by atoms with Crippen molar-refractivity contribution in [3.8, 4) is 0 Å². The summed E-state index contributed by atoms with van der Waals surface area (Å²) in [4.78, 5) is 10.4. The van der Waals surface area contributed by atoms with E-state index in [4.69, 9.17) is 4.99 Å². The Bertz CT molecular complexity index is 656. The number of benzene rings is 1. The van der Waals surface area contributed by atoms with Crippen LogP contribution in [0.25, 0.3) is 0 Å². The fourth-order valence-corrected chi connectivity index (χ4v) is 3.04. The van der Waals surface area contributed by atoms with Gasteiger partial charge in [-0.25, -0.2) is 4.99 Å². The molecule has 5 heteroatoms. The summed E-state index contributed by atoms with van der Waals surface area (Å²) in [6.07, 6.45) is 4.82. The summed E-state index contributed by atoms with van der Waals surface area (Å²) >= 11 is 1.77. The van der Waals surface area contributed by atoms with Crippen LogP contribution in [-0.4, -0.2) is 30.3 Å². The van der Waals surface area contributed by atoms with E-state index in [-0.39, 0.29) is 0 Å². The Morgan fingerprint density at radius 1 is 1.21 bits per heavy atom. The maximum atomic E-state index is 4.71. The van der Waals surface area contributed by atoms with Gasteiger partial charge in [-0.1, -0.05) is 18.2 Å². The lowest BCUT2D eigenvalue weighted by atomic mass is 10.1. The lowest BCUT2D eigenvalue weighted by Crippen LogP contribution is -2.38. The molecule has 0 unspecified atom stereocenters. The molecule has 2 N–H and O–H groups in total. The maximum Gasteiger partial charge on any atom is 0.191 e. The number of pyridine rings is 1. The lowest BCUT2D eigenvalue weighted by molar-refractivity contribution is 0.787. The minimum atomic E-state index is 0.676. The molecule has 1 aromatic heterocycles. The molecule has 0 aliphatic carbocycles. The summed E-state index contributed by atoms with van der Waals surface area (Å²) in [5.74, 6) is 0.848. The quantitative estimate of drug-likeness (QED) is 0.460. The molecular formula is C19H26N4S. The second-order valence-corrected chi connectivity index (χ2v) is 6.36. The van der Waals surface area contributed by atoms with Gasteiger partial charge in [-0.15, -0.1) is 11.8 Å². The van der Waals surface area contributed by atoms with Crippen molar-refractivity contribution < 1.29 is 0 Å². The Morgan fingerprint density at radius 3 is 2.79 bits per heavy atom. The van der Waals surface area contributed by atoms with Crippen molar-refractivity contribution in [2.75, 3.05) is 19.3 Å². The monoisotopic (exact) mass is 342 g/mol. The molecule has 0 saturated heterocycles. The average Bonchev–Trinajstić information content (AvgIpc) is 2.61. The molecule has 0 aliphatic heterocycles. The number of guanidine groups is 1. The Kier molecular flexibility index (Phi) is 7.62. The summed E-state index contributed by atoms with van der Waals surface area (Å²) in [6, 6.07) is 12.5. The van der Waals surface area contributed by atoms with Gasteiger partial charge in [-0.2, -0.15) is 0 Å². The van der Waals surface area contributed by atoms with E-state index < -0.39 is 0 Å². The molecule has 24 heavy (non-hydrogen) atoms. The molecule has 0 spiro atoms. The molecule has 4 nitrogen and oxygen atoms in total. The van der Waals surface area contributed by atoms with Crippen molar-refractivity contribution >= 4 is 17.7 Å². The summed E-state index contributed by atoms with van der Waals surface area (Å²) in [6.45, 7) is 6.53. The van der Waals surface area contributed by atoms with Crippen molar-refractivity contribution in [3.63, 3.8) is 0 Å². The Hall–Kier alpha value is -2.01. The van der Waals surface area contributed by atoms with E-state index in [0.29, 0.717) is 6.54 Å². The largest absolute Gasteiger partial charge is 0.357 e. The van der Waals surface area contributed by atoms with Crippen molar-refractivity contribution in [2.45, 2.75) is 31.7 Å². The standard InChI is InChI=1S/C19H26N4S/c1-4-20-19(22-12-10-17-7-5-6-11-21-17)23-14-16-9-8-15(2)13-18(16)24-3/h5-9,11,13H,4,10,12,14H2,1-3H3,(H2,20,22,23). The van der Waals surface area contributed by atoms with Crippen LogP contribution in [-0.2, 0) is 13.0 Å². The van der Waals surface area contributed by atoms with Gasteiger partial charge in [0, 0.05) is 36.3 Å². The predicted octanol–water partition coefficient (Wildman–Crippen LogP) is 3.41. The fraction of sp³-hybridized carbons (Fsp3) is 0.368. The number of aryl methyl sites for hydroxylation is 1. The van der Waals surface area contributed by atoms with Gasteiger partial charge in [0.2, 0.25) is 0 Å². The van der Waals surface area contributed by atoms with Crippen LogP contribution >= 0.6 is 11.8 Å². The van der Waals surface area contributed by atoms with Crippen LogP contribution in [0.3, 0.4) is 0 Å². The van der Waals surface area contributed by atoms with Gasteiger partial charge in [0.05, 0.1) is 6.54 Å². The van der Waals surface area contributed by atoms with E-state index in [0.717, 1.165) is 31.2 Å². The van der Waals surface area contributed by atoms with E-state index in [2.05, 4.69) is 53.9 Å². The van der Waals surface area contributed by atoms with Gasteiger partial charge < -0.3 is 10.6 Å². The number of aromatic nitrogens is 1. The highest BCUT2D eigenvalue weighted by Gasteiger charge is 2.03. The molecule has 0 saturated carbocycles. The number of thioether (sulfide) groups is 1. The minimum absolute atomic E-state index is 0.676. The third kappa shape index (κ3) is 5.89. The Morgan fingerprint density at radius 2 is 2.08 bits per heavy atom. The Labute approximate surface area is 149 Å². The molecule has 0 amide bonds. The predicted molar refractivity (Wildman–Crippen MR) is 104 cm³/mol. The van der Waals surface area contributed by atoms with Crippen LogP contribution in [0.5, 0.6) is 0 Å². The normalized spacial score (nSPS) is 11.4. The van der Waals surface area contributed by atoms with Crippen molar-refractivity contribution in [1.29, 1.82) is 0 Å².